The molecule has 0 bridgehead atoms. The van der Waals surface area contributed by atoms with E-state index in [4.69, 9.17) is 0 Å². The summed E-state index contributed by atoms with van der Waals surface area (Å²) in [6, 6.07) is 28.2. The lowest BCUT2D eigenvalue weighted by atomic mass is 9.77. The van der Waals surface area contributed by atoms with Crippen LogP contribution in [0.4, 0.5) is 0 Å². The van der Waals surface area contributed by atoms with Crippen molar-refractivity contribution in [3.05, 3.63) is 107 Å². The lowest BCUT2D eigenvalue weighted by Crippen LogP contribution is -2.32. The SMILES string of the molecule is C[C@@H](c1ccccc1C(O)(c1ccccc1)c1ccccc1)N(C)C. The molecular weight excluding hydrogens is 306 g/mol. The molecule has 0 amide bonds. The molecular formula is C23H25NO. The third-order valence-corrected chi connectivity index (χ3v) is 4.96. The zero-order valence-electron chi connectivity index (χ0n) is 15.1. The van der Waals surface area contributed by atoms with Gasteiger partial charge in [0.25, 0.3) is 0 Å². The van der Waals surface area contributed by atoms with Crippen molar-refractivity contribution in [2.24, 2.45) is 0 Å². The fraction of sp³-hybridized carbons (Fsp3) is 0.217. The van der Waals surface area contributed by atoms with Crippen LogP contribution in [0.1, 0.15) is 35.2 Å². The minimum absolute atomic E-state index is 0.190. The first kappa shape index (κ1) is 17.4. The Morgan fingerprint density at radius 2 is 1.16 bits per heavy atom. The van der Waals surface area contributed by atoms with Crippen LogP contribution in [0.5, 0.6) is 0 Å². The van der Waals surface area contributed by atoms with E-state index in [1.54, 1.807) is 0 Å². The molecule has 0 saturated carbocycles. The van der Waals surface area contributed by atoms with E-state index in [0.29, 0.717) is 0 Å². The van der Waals surface area contributed by atoms with Gasteiger partial charge in [-0.25, -0.2) is 0 Å². The van der Waals surface area contributed by atoms with Gasteiger partial charge in [0.1, 0.15) is 5.60 Å². The molecule has 25 heavy (non-hydrogen) atoms. The van der Waals surface area contributed by atoms with E-state index in [0.717, 1.165) is 22.3 Å². The van der Waals surface area contributed by atoms with Crippen LogP contribution >= 0.6 is 0 Å². The fourth-order valence-corrected chi connectivity index (χ4v) is 3.31. The van der Waals surface area contributed by atoms with E-state index in [-0.39, 0.29) is 6.04 Å². The summed E-state index contributed by atoms with van der Waals surface area (Å²) in [6.45, 7) is 2.16. The molecule has 0 fully saturated rings. The summed E-state index contributed by atoms with van der Waals surface area (Å²) < 4.78 is 0. The molecule has 0 aliphatic rings. The molecule has 0 unspecified atom stereocenters. The number of rotatable bonds is 5. The molecule has 0 aliphatic carbocycles. The van der Waals surface area contributed by atoms with Crippen molar-refractivity contribution in [2.75, 3.05) is 14.1 Å². The van der Waals surface area contributed by atoms with E-state index in [2.05, 4.69) is 32.0 Å². The summed E-state index contributed by atoms with van der Waals surface area (Å²) in [5.74, 6) is 0. The van der Waals surface area contributed by atoms with Gasteiger partial charge in [-0.3, -0.25) is 0 Å². The summed E-state index contributed by atoms with van der Waals surface area (Å²) in [4.78, 5) is 2.16. The molecule has 1 atom stereocenters. The second-order valence-electron chi connectivity index (χ2n) is 6.67. The summed E-state index contributed by atoms with van der Waals surface area (Å²) >= 11 is 0. The molecule has 128 valence electrons. The van der Waals surface area contributed by atoms with E-state index in [9.17, 15) is 5.11 Å². The molecule has 2 nitrogen and oxygen atoms in total. The van der Waals surface area contributed by atoms with Crippen molar-refractivity contribution in [1.29, 1.82) is 0 Å². The predicted octanol–water partition coefficient (Wildman–Crippen LogP) is 4.59. The van der Waals surface area contributed by atoms with Crippen LogP contribution in [0.25, 0.3) is 0 Å². The van der Waals surface area contributed by atoms with Crippen LogP contribution in [0, 0.1) is 0 Å². The molecule has 1 N–H and O–H groups in total. The van der Waals surface area contributed by atoms with Crippen LogP contribution < -0.4 is 0 Å². The first-order valence-electron chi connectivity index (χ1n) is 8.64. The number of hydrogen-bond donors (Lipinski definition) is 1. The number of aliphatic hydroxyl groups is 1. The zero-order chi connectivity index (χ0) is 17.9. The van der Waals surface area contributed by atoms with Crippen molar-refractivity contribution in [2.45, 2.75) is 18.6 Å². The molecule has 3 aromatic carbocycles. The minimum Gasteiger partial charge on any atom is -0.376 e. The van der Waals surface area contributed by atoms with Gasteiger partial charge in [-0.2, -0.15) is 0 Å². The molecule has 0 saturated heterocycles. The van der Waals surface area contributed by atoms with Gasteiger partial charge < -0.3 is 10.0 Å². The quantitative estimate of drug-likeness (QED) is 0.691. The second kappa shape index (κ2) is 7.22. The summed E-state index contributed by atoms with van der Waals surface area (Å²) in [5.41, 5.74) is 2.61. The Morgan fingerprint density at radius 1 is 0.720 bits per heavy atom. The van der Waals surface area contributed by atoms with Gasteiger partial charge in [0.05, 0.1) is 0 Å². The number of benzene rings is 3. The monoisotopic (exact) mass is 331 g/mol. The second-order valence-corrected chi connectivity index (χ2v) is 6.67. The van der Waals surface area contributed by atoms with Gasteiger partial charge in [-0.05, 0) is 43.3 Å². The normalized spacial score (nSPS) is 13.0. The molecule has 0 heterocycles. The van der Waals surface area contributed by atoms with Crippen molar-refractivity contribution in [1.82, 2.24) is 4.90 Å². The fourth-order valence-electron chi connectivity index (χ4n) is 3.31. The lowest BCUT2D eigenvalue weighted by molar-refractivity contribution is 0.122. The number of hydrogen-bond acceptors (Lipinski definition) is 2. The van der Waals surface area contributed by atoms with E-state index in [1.165, 1.54) is 0 Å². The molecule has 0 radical (unpaired) electrons. The lowest BCUT2D eigenvalue weighted by Gasteiger charge is -2.34. The Labute approximate surface area is 150 Å². The van der Waals surface area contributed by atoms with Gasteiger partial charge in [0, 0.05) is 6.04 Å². The highest BCUT2D eigenvalue weighted by Gasteiger charge is 2.36. The van der Waals surface area contributed by atoms with Crippen LogP contribution in [0.15, 0.2) is 84.9 Å². The molecule has 3 aromatic rings. The van der Waals surface area contributed by atoms with Crippen molar-refractivity contribution in [3.8, 4) is 0 Å². The molecule has 0 spiro atoms. The molecule has 0 aliphatic heterocycles. The van der Waals surface area contributed by atoms with Gasteiger partial charge in [-0.15, -0.1) is 0 Å². The maximum absolute atomic E-state index is 12.0. The maximum atomic E-state index is 12.0. The summed E-state index contributed by atoms with van der Waals surface area (Å²) in [5, 5.41) is 12.0. The van der Waals surface area contributed by atoms with Crippen LogP contribution in [0.3, 0.4) is 0 Å². The number of nitrogens with zero attached hydrogens (tertiary/aromatic N) is 1. The van der Waals surface area contributed by atoms with Crippen molar-refractivity contribution < 1.29 is 5.11 Å². The van der Waals surface area contributed by atoms with Gasteiger partial charge >= 0.3 is 0 Å². The Morgan fingerprint density at radius 3 is 1.64 bits per heavy atom. The molecule has 2 heteroatoms. The molecule has 0 aromatic heterocycles. The van der Waals surface area contributed by atoms with Crippen molar-refractivity contribution in [3.63, 3.8) is 0 Å². The Balaban J connectivity index is 2.28. The van der Waals surface area contributed by atoms with E-state index in [1.807, 2.05) is 78.9 Å². The smallest absolute Gasteiger partial charge is 0.140 e. The zero-order valence-corrected chi connectivity index (χ0v) is 15.1. The first-order valence-corrected chi connectivity index (χ1v) is 8.64. The van der Waals surface area contributed by atoms with Gasteiger partial charge in [0.2, 0.25) is 0 Å². The molecule has 3 rings (SSSR count). The standard InChI is InChI=1S/C23H25NO/c1-18(24(2)3)21-16-10-11-17-22(21)23(25,19-12-6-4-7-13-19)20-14-8-5-9-15-20/h4-18,25H,1-3H3/t18-/m0/s1. The van der Waals surface area contributed by atoms with Gasteiger partial charge in [-0.1, -0.05) is 84.9 Å². The van der Waals surface area contributed by atoms with E-state index >= 15 is 0 Å². The largest absolute Gasteiger partial charge is 0.376 e. The summed E-state index contributed by atoms with van der Waals surface area (Å²) in [7, 11) is 4.12. The third kappa shape index (κ3) is 3.23. The highest BCUT2D eigenvalue weighted by Crippen LogP contribution is 2.40. The van der Waals surface area contributed by atoms with Gasteiger partial charge in [0.15, 0.2) is 0 Å². The Hall–Kier alpha value is -2.42. The minimum atomic E-state index is -1.19. The average Bonchev–Trinajstić information content (AvgIpc) is 2.68. The highest BCUT2D eigenvalue weighted by atomic mass is 16.3. The predicted molar refractivity (Wildman–Crippen MR) is 104 cm³/mol. The maximum Gasteiger partial charge on any atom is 0.140 e. The van der Waals surface area contributed by atoms with E-state index < -0.39 is 5.60 Å². The van der Waals surface area contributed by atoms with Crippen LogP contribution in [0.2, 0.25) is 0 Å². The Kier molecular flexibility index (Phi) is 5.03. The van der Waals surface area contributed by atoms with Crippen LogP contribution in [-0.2, 0) is 5.60 Å². The third-order valence-electron chi connectivity index (χ3n) is 4.96. The average molecular weight is 331 g/mol. The highest BCUT2D eigenvalue weighted by molar-refractivity contribution is 5.50. The topological polar surface area (TPSA) is 23.5 Å². The van der Waals surface area contributed by atoms with Crippen LogP contribution in [-0.4, -0.2) is 24.1 Å². The Bertz CT molecular complexity index is 772. The summed E-state index contributed by atoms with van der Waals surface area (Å²) in [6.07, 6.45) is 0. The first-order chi connectivity index (χ1) is 12.0. The van der Waals surface area contributed by atoms with Crippen molar-refractivity contribution >= 4 is 0 Å².